The van der Waals surface area contributed by atoms with Gasteiger partial charge in [-0.2, -0.15) is 0 Å². The van der Waals surface area contributed by atoms with Crippen LogP contribution in [-0.2, 0) is 0 Å². The van der Waals surface area contributed by atoms with Crippen molar-refractivity contribution in [1.82, 2.24) is 4.98 Å². The van der Waals surface area contributed by atoms with E-state index in [1.54, 1.807) is 0 Å². The summed E-state index contributed by atoms with van der Waals surface area (Å²) in [6.07, 6.45) is -3.41. The molecule has 2 heterocycles. The van der Waals surface area contributed by atoms with Gasteiger partial charge in [0, 0.05) is 17.6 Å². The lowest BCUT2D eigenvalue weighted by molar-refractivity contribution is -0.274. The molecule has 19 heavy (non-hydrogen) atoms. The lowest BCUT2D eigenvalue weighted by Crippen LogP contribution is -2.16. The minimum atomic E-state index is -4.78. The molecule has 0 radical (unpaired) electrons. The van der Waals surface area contributed by atoms with Gasteiger partial charge in [-0.05, 0) is 12.1 Å². The Balaban J connectivity index is 2.36. The Kier molecular flexibility index (Phi) is 3.43. The normalized spacial score (nSPS) is 11.3. The fourth-order valence-electron chi connectivity index (χ4n) is 1.40. The van der Waals surface area contributed by atoms with Crippen molar-refractivity contribution >= 4 is 17.3 Å². The molecule has 0 bridgehead atoms. The Hall–Kier alpha value is -2.09. The van der Waals surface area contributed by atoms with Crippen LogP contribution in [-0.4, -0.2) is 22.4 Å². The van der Waals surface area contributed by atoms with Gasteiger partial charge in [-0.15, -0.1) is 24.5 Å². The van der Waals surface area contributed by atoms with Crippen LogP contribution in [0.1, 0.15) is 10.4 Å². The van der Waals surface area contributed by atoms with Crippen LogP contribution in [0.25, 0.3) is 10.6 Å². The van der Waals surface area contributed by atoms with Crippen LogP contribution < -0.4 is 4.74 Å². The molecule has 100 valence electrons. The number of carboxylic acid groups (broad SMARTS) is 1. The number of nitrogens with zero attached hydrogens (tertiary/aromatic N) is 1. The lowest BCUT2D eigenvalue weighted by atomic mass is 10.1. The molecule has 2 rings (SSSR count). The number of rotatable bonds is 3. The van der Waals surface area contributed by atoms with Gasteiger partial charge < -0.3 is 9.84 Å². The molecule has 0 aliphatic carbocycles. The first kappa shape index (κ1) is 13.3. The third-order valence-corrected chi connectivity index (χ3v) is 3.00. The number of thiophene rings is 1. The Morgan fingerprint density at radius 3 is 2.79 bits per heavy atom. The quantitative estimate of drug-likeness (QED) is 0.940. The van der Waals surface area contributed by atoms with Gasteiger partial charge in [0.05, 0.1) is 16.1 Å². The minimum Gasteiger partial charge on any atom is -0.478 e. The number of ether oxygens (including phenoxy) is 1. The Morgan fingerprint density at radius 1 is 1.42 bits per heavy atom. The zero-order valence-corrected chi connectivity index (χ0v) is 9.96. The van der Waals surface area contributed by atoms with Crippen LogP contribution in [0.3, 0.4) is 0 Å². The maximum Gasteiger partial charge on any atom is 0.573 e. The number of alkyl halides is 3. The zero-order chi connectivity index (χ0) is 14.0. The average Bonchev–Trinajstić information content (AvgIpc) is 2.75. The average molecular weight is 289 g/mol. The number of pyridine rings is 1. The smallest absolute Gasteiger partial charge is 0.478 e. The van der Waals surface area contributed by atoms with Crippen molar-refractivity contribution in [2.45, 2.75) is 6.36 Å². The van der Waals surface area contributed by atoms with Gasteiger partial charge in [-0.3, -0.25) is 4.98 Å². The van der Waals surface area contributed by atoms with E-state index in [1.165, 1.54) is 18.3 Å². The highest BCUT2D eigenvalue weighted by Gasteiger charge is 2.31. The third-order valence-electron chi connectivity index (χ3n) is 2.08. The molecule has 0 spiro atoms. The van der Waals surface area contributed by atoms with Gasteiger partial charge in [-0.1, -0.05) is 0 Å². The number of aromatic carboxylic acids is 1. The lowest BCUT2D eigenvalue weighted by Gasteiger charge is -2.05. The molecule has 0 unspecified atom stereocenters. The second-order valence-electron chi connectivity index (χ2n) is 3.40. The summed E-state index contributed by atoms with van der Waals surface area (Å²) in [6, 6.07) is 3.87. The van der Waals surface area contributed by atoms with Crippen molar-refractivity contribution in [3.05, 3.63) is 35.3 Å². The number of hydrogen-bond acceptors (Lipinski definition) is 4. The van der Waals surface area contributed by atoms with E-state index in [0.29, 0.717) is 0 Å². The molecule has 8 heteroatoms. The molecule has 0 aliphatic rings. The monoisotopic (exact) mass is 289 g/mol. The predicted octanol–water partition coefficient (Wildman–Crippen LogP) is 3.41. The van der Waals surface area contributed by atoms with Gasteiger partial charge in [0.1, 0.15) is 5.75 Å². The van der Waals surface area contributed by atoms with Crippen LogP contribution in [0.15, 0.2) is 29.8 Å². The summed E-state index contributed by atoms with van der Waals surface area (Å²) in [5.41, 5.74) is 0.0277. The summed E-state index contributed by atoms with van der Waals surface area (Å²) in [7, 11) is 0. The molecule has 0 saturated carbocycles. The highest BCUT2D eigenvalue weighted by Crippen LogP contribution is 2.34. The number of carbonyl (C=O) groups is 1. The van der Waals surface area contributed by atoms with E-state index in [2.05, 4.69) is 9.72 Å². The molecule has 2 aromatic rings. The highest BCUT2D eigenvalue weighted by molar-refractivity contribution is 7.13. The van der Waals surface area contributed by atoms with Crippen LogP contribution in [0, 0.1) is 0 Å². The molecule has 1 N–H and O–H groups in total. The highest BCUT2D eigenvalue weighted by atomic mass is 32.1. The molecule has 2 aromatic heterocycles. The second kappa shape index (κ2) is 4.88. The molecule has 0 amide bonds. The van der Waals surface area contributed by atoms with Crippen LogP contribution in [0.4, 0.5) is 13.2 Å². The summed E-state index contributed by atoms with van der Waals surface area (Å²) in [5, 5.41) is 10.1. The second-order valence-corrected chi connectivity index (χ2v) is 4.31. The van der Waals surface area contributed by atoms with E-state index in [0.717, 1.165) is 22.8 Å². The standard InChI is InChI=1S/C11H6F3NO3S/c12-11(13,14)18-6-4-8(19-5-6)9-7(10(16)17)2-1-3-15-9/h1-5H,(H,16,17). The Bertz CT molecular complexity index is 609. The number of carboxylic acids is 1. The summed E-state index contributed by atoms with van der Waals surface area (Å²) < 4.78 is 39.8. The summed E-state index contributed by atoms with van der Waals surface area (Å²) in [5.74, 6) is -1.59. The van der Waals surface area contributed by atoms with Crippen LogP contribution in [0.2, 0.25) is 0 Å². The maximum absolute atomic E-state index is 12.0. The molecule has 0 fully saturated rings. The predicted molar refractivity (Wildman–Crippen MR) is 61.2 cm³/mol. The summed E-state index contributed by atoms with van der Waals surface area (Å²) in [6.45, 7) is 0. The van der Waals surface area contributed by atoms with E-state index in [4.69, 9.17) is 5.11 Å². The first-order valence-corrected chi connectivity index (χ1v) is 5.78. The maximum atomic E-state index is 12.0. The topological polar surface area (TPSA) is 59.4 Å². The summed E-state index contributed by atoms with van der Waals surface area (Å²) in [4.78, 5) is 15.1. The van der Waals surface area contributed by atoms with Crippen LogP contribution >= 0.6 is 11.3 Å². The summed E-state index contributed by atoms with van der Waals surface area (Å²) >= 11 is 0.924. The van der Waals surface area contributed by atoms with Gasteiger partial charge in [0.25, 0.3) is 0 Å². The van der Waals surface area contributed by atoms with Gasteiger partial charge in [0.2, 0.25) is 0 Å². The first-order valence-electron chi connectivity index (χ1n) is 4.90. The molecular formula is C11H6F3NO3S. The Morgan fingerprint density at radius 2 is 2.16 bits per heavy atom. The van der Waals surface area contributed by atoms with E-state index in [-0.39, 0.29) is 16.1 Å². The molecule has 0 aliphatic heterocycles. The fraction of sp³-hybridized carbons (Fsp3) is 0.0909. The van der Waals surface area contributed by atoms with E-state index < -0.39 is 18.1 Å². The minimum absolute atomic E-state index is 0.0806. The van der Waals surface area contributed by atoms with Crippen LogP contribution in [0.5, 0.6) is 5.75 Å². The van der Waals surface area contributed by atoms with E-state index in [9.17, 15) is 18.0 Å². The van der Waals surface area contributed by atoms with Crippen molar-refractivity contribution in [2.75, 3.05) is 0 Å². The van der Waals surface area contributed by atoms with Gasteiger partial charge in [-0.25, -0.2) is 4.79 Å². The number of halogens is 3. The van der Waals surface area contributed by atoms with E-state index in [1.807, 2.05) is 0 Å². The molecule has 0 saturated heterocycles. The van der Waals surface area contributed by atoms with Crippen molar-refractivity contribution < 1.29 is 27.8 Å². The molecule has 0 aromatic carbocycles. The van der Waals surface area contributed by atoms with Crippen molar-refractivity contribution in [3.63, 3.8) is 0 Å². The number of hydrogen-bond donors (Lipinski definition) is 1. The first-order chi connectivity index (χ1) is 8.87. The zero-order valence-electron chi connectivity index (χ0n) is 9.14. The molecule has 4 nitrogen and oxygen atoms in total. The molecule has 0 atom stereocenters. The molecular weight excluding hydrogens is 283 g/mol. The van der Waals surface area contributed by atoms with Crippen molar-refractivity contribution in [2.24, 2.45) is 0 Å². The SMILES string of the molecule is O=C(O)c1cccnc1-c1cc(OC(F)(F)F)cs1. The number of aromatic nitrogens is 1. The largest absolute Gasteiger partial charge is 0.573 e. The van der Waals surface area contributed by atoms with Gasteiger partial charge in [0.15, 0.2) is 0 Å². The van der Waals surface area contributed by atoms with E-state index >= 15 is 0 Å². The fourth-order valence-corrected chi connectivity index (χ4v) is 2.22. The van der Waals surface area contributed by atoms with Crippen molar-refractivity contribution in [1.29, 1.82) is 0 Å². The Labute approximate surface area is 109 Å². The van der Waals surface area contributed by atoms with Crippen molar-refractivity contribution in [3.8, 4) is 16.3 Å². The van der Waals surface area contributed by atoms with Gasteiger partial charge >= 0.3 is 12.3 Å². The third kappa shape index (κ3) is 3.22.